The van der Waals surface area contributed by atoms with Crippen LogP contribution in [0, 0.1) is 0 Å². The van der Waals surface area contributed by atoms with Crippen molar-refractivity contribution >= 4 is 11.4 Å². The topological polar surface area (TPSA) is 31.4 Å². The number of hydrogen-bond donors (Lipinski definition) is 0. The highest BCUT2D eigenvalue weighted by molar-refractivity contribution is 5.52. The Kier molecular flexibility index (Phi) is 8.61. The monoisotopic (exact) mass is 500 g/mol. The Labute approximate surface area is 222 Å². The summed E-state index contributed by atoms with van der Waals surface area (Å²) >= 11 is 0. The molecule has 196 valence electrons. The molecule has 6 heteroatoms. The van der Waals surface area contributed by atoms with Gasteiger partial charge in [-0.1, -0.05) is 36.4 Å². The van der Waals surface area contributed by atoms with E-state index in [1.54, 1.807) is 7.11 Å². The van der Waals surface area contributed by atoms with Gasteiger partial charge in [-0.25, -0.2) is 0 Å². The Hall–Kier alpha value is -3.06. The van der Waals surface area contributed by atoms with Crippen molar-refractivity contribution in [2.75, 3.05) is 76.4 Å². The molecule has 0 radical (unpaired) electrons. The van der Waals surface area contributed by atoms with Crippen LogP contribution in [0.15, 0.2) is 72.8 Å². The minimum Gasteiger partial charge on any atom is -0.497 e. The minimum absolute atomic E-state index is 0.818. The third-order valence-corrected chi connectivity index (χ3v) is 7.47. The summed E-state index contributed by atoms with van der Waals surface area (Å²) in [6.45, 7) is 10.7. The van der Waals surface area contributed by atoms with Crippen LogP contribution >= 0.6 is 0 Å². The number of likely N-dealkylation sites (N-methyl/N-ethyl adjacent to an activating group) is 1. The fourth-order valence-electron chi connectivity index (χ4n) is 5.20. The van der Waals surface area contributed by atoms with Gasteiger partial charge in [-0.2, -0.15) is 0 Å². The molecule has 0 saturated carbocycles. The van der Waals surface area contributed by atoms with E-state index in [-0.39, 0.29) is 0 Å². The normalized spacial score (nSPS) is 17.1. The highest BCUT2D eigenvalue weighted by Gasteiger charge is 2.16. The van der Waals surface area contributed by atoms with Crippen molar-refractivity contribution in [2.24, 2.45) is 0 Å². The molecule has 2 fully saturated rings. The first-order valence-corrected chi connectivity index (χ1v) is 13.5. The summed E-state index contributed by atoms with van der Waals surface area (Å²) in [7, 11) is 3.93. The number of morpholine rings is 1. The summed E-state index contributed by atoms with van der Waals surface area (Å²) < 4.78 is 11.0. The number of anilines is 2. The smallest absolute Gasteiger partial charge is 0.119 e. The molecule has 2 aliphatic rings. The highest BCUT2D eigenvalue weighted by Crippen LogP contribution is 2.25. The first-order chi connectivity index (χ1) is 18.2. The fraction of sp³-hybridized carbons (Fsp3) is 0.419. The first-order valence-electron chi connectivity index (χ1n) is 13.5. The third-order valence-electron chi connectivity index (χ3n) is 7.47. The Morgan fingerprint density at radius 1 is 0.757 bits per heavy atom. The summed E-state index contributed by atoms with van der Waals surface area (Å²) in [4.78, 5) is 9.84. The van der Waals surface area contributed by atoms with Gasteiger partial charge in [0.25, 0.3) is 0 Å². The predicted octanol–water partition coefficient (Wildman–Crippen LogP) is 4.49. The number of piperazine rings is 1. The quantitative estimate of drug-likeness (QED) is 0.431. The number of rotatable bonds is 9. The van der Waals surface area contributed by atoms with Crippen LogP contribution < -0.4 is 14.5 Å². The summed E-state index contributed by atoms with van der Waals surface area (Å²) in [6.07, 6.45) is 0. The molecule has 3 aromatic carbocycles. The molecule has 2 saturated heterocycles. The molecule has 0 amide bonds. The maximum Gasteiger partial charge on any atom is 0.119 e. The standard InChI is InChI=1S/C31H40N4O2/c1-32-13-15-34(16-14-32)29-11-9-26(10-12-29)24-35(25-28-6-4-8-31(22-28)36-2)30-7-3-5-27(21-30)23-33-17-19-37-20-18-33/h3-12,21-22H,13-20,23-25H2,1-2H3. The van der Waals surface area contributed by atoms with E-state index in [9.17, 15) is 0 Å². The summed E-state index contributed by atoms with van der Waals surface area (Å²) in [5.74, 6) is 0.898. The van der Waals surface area contributed by atoms with E-state index in [1.807, 2.05) is 6.07 Å². The lowest BCUT2D eigenvalue weighted by molar-refractivity contribution is 0.0342. The van der Waals surface area contributed by atoms with Crippen molar-refractivity contribution in [3.05, 3.63) is 89.5 Å². The van der Waals surface area contributed by atoms with Crippen LogP contribution in [0.3, 0.4) is 0 Å². The van der Waals surface area contributed by atoms with Gasteiger partial charge in [0.15, 0.2) is 0 Å². The van der Waals surface area contributed by atoms with E-state index in [2.05, 4.69) is 93.4 Å². The molecule has 0 unspecified atom stereocenters. The molecule has 2 heterocycles. The van der Waals surface area contributed by atoms with Crippen LogP contribution in [0.1, 0.15) is 16.7 Å². The van der Waals surface area contributed by atoms with Gasteiger partial charge in [0, 0.05) is 70.3 Å². The number of methoxy groups -OCH3 is 1. The molecule has 6 nitrogen and oxygen atoms in total. The van der Waals surface area contributed by atoms with Gasteiger partial charge in [0.05, 0.1) is 20.3 Å². The molecular weight excluding hydrogens is 460 g/mol. The zero-order valence-corrected chi connectivity index (χ0v) is 22.3. The average Bonchev–Trinajstić information content (AvgIpc) is 2.94. The van der Waals surface area contributed by atoms with Gasteiger partial charge in [0.2, 0.25) is 0 Å². The zero-order valence-electron chi connectivity index (χ0n) is 22.3. The first kappa shape index (κ1) is 25.6. The largest absolute Gasteiger partial charge is 0.497 e. The number of hydrogen-bond acceptors (Lipinski definition) is 6. The average molecular weight is 501 g/mol. The predicted molar refractivity (Wildman–Crippen MR) is 152 cm³/mol. The van der Waals surface area contributed by atoms with Crippen LogP contribution in [0.4, 0.5) is 11.4 Å². The van der Waals surface area contributed by atoms with E-state index in [0.717, 1.165) is 77.9 Å². The molecule has 2 aliphatic heterocycles. The Morgan fingerprint density at radius 3 is 2.22 bits per heavy atom. The maximum atomic E-state index is 5.54. The molecule has 0 aromatic heterocycles. The maximum absolute atomic E-state index is 5.54. The molecule has 5 rings (SSSR count). The van der Waals surface area contributed by atoms with Gasteiger partial charge in [-0.05, 0) is 60.1 Å². The van der Waals surface area contributed by atoms with Crippen LogP contribution in [0.25, 0.3) is 0 Å². The van der Waals surface area contributed by atoms with Crippen molar-refractivity contribution in [3.63, 3.8) is 0 Å². The molecule has 0 atom stereocenters. The lowest BCUT2D eigenvalue weighted by atomic mass is 10.1. The molecular formula is C31H40N4O2. The van der Waals surface area contributed by atoms with Gasteiger partial charge in [-0.15, -0.1) is 0 Å². The lowest BCUT2D eigenvalue weighted by Crippen LogP contribution is -2.44. The Morgan fingerprint density at radius 2 is 1.46 bits per heavy atom. The molecule has 0 bridgehead atoms. The van der Waals surface area contributed by atoms with Crippen molar-refractivity contribution in [1.29, 1.82) is 0 Å². The third kappa shape index (κ3) is 7.04. The van der Waals surface area contributed by atoms with Gasteiger partial charge in [-0.3, -0.25) is 4.90 Å². The SMILES string of the molecule is COc1cccc(CN(Cc2ccc(N3CCN(C)CC3)cc2)c2cccc(CN3CCOCC3)c2)c1. The highest BCUT2D eigenvalue weighted by atomic mass is 16.5. The van der Waals surface area contributed by atoms with Crippen molar-refractivity contribution in [2.45, 2.75) is 19.6 Å². The van der Waals surface area contributed by atoms with Gasteiger partial charge < -0.3 is 24.2 Å². The van der Waals surface area contributed by atoms with E-state index < -0.39 is 0 Å². The summed E-state index contributed by atoms with van der Waals surface area (Å²) in [5.41, 5.74) is 6.48. The number of nitrogens with zero attached hydrogens (tertiary/aromatic N) is 4. The summed E-state index contributed by atoms with van der Waals surface area (Å²) in [5, 5.41) is 0. The van der Waals surface area contributed by atoms with Gasteiger partial charge in [0.1, 0.15) is 5.75 Å². The summed E-state index contributed by atoms with van der Waals surface area (Å²) in [6, 6.07) is 26.6. The number of benzene rings is 3. The van der Waals surface area contributed by atoms with Crippen LogP contribution in [0.5, 0.6) is 5.75 Å². The zero-order chi connectivity index (χ0) is 25.5. The minimum atomic E-state index is 0.818. The van der Waals surface area contributed by atoms with Crippen molar-refractivity contribution in [1.82, 2.24) is 9.80 Å². The van der Waals surface area contributed by atoms with Gasteiger partial charge >= 0.3 is 0 Å². The van der Waals surface area contributed by atoms with E-state index >= 15 is 0 Å². The second-order valence-corrected chi connectivity index (χ2v) is 10.2. The van der Waals surface area contributed by atoms with E-state index in [1.165, 1.54) is 28.1 Å². The number of ether oxygens (including phenoxy) is 2. The van der Waals surface area contributed by atoms with E-state index in [0.29, 0.717) is 0 Å². The molecule has 3 aromatic rings. The van der Waals surface area contributed by atoms with Crippen molar-refractivity contribution < 1.29 is 9.47 Å². The second kappa shape index (κ2) is 12.5. The van der Waals surface area contributed by atoms with Crippen molar-refractivity contribution in [3.8, 4) is 5.75 Å². The van der Waals surface area contributed by atoms with Crippen LogP contribution in [-0.4, -0.2) is 76.4 Å². The Balaban J connectivity index is 1.35. The fourth-order valence-corrected chi connectivity index (χ4v) is 5.20. The molecule has 0 spiro atoms. The Bertz CT molecular complexity index is 1120. The van der Waals surface area contributed by atoms with E-state index in [4.69, 9.17) is 9.47 Å². The molecule has 37 heavy (non-hydrogen) atoms. The lowest BCUT2D eigenvalue weighted by Gasteiger charge is -2.34. The molecule has 0 aliphatic carbocycles. The second-order valence-electron chi connectivity index (χ2n) is 10.2. The van der Waals surface area contributed by atoms with Crippen LogP contribution in [0.2, 0.25) is 0 Å². The molecule has 0 N–H and O–H groups in total. The van der Waals surface area contributed by atoms with Crippen LogP contribution in [-0.2, 0) is 24.4 Å².